The highest BCUT2D eigenvalue weighted by Gasteiger charge is 2.20. The number of sulfonamides is 2. The average molecular weight is 430 g/mol. The minimum Gasteiger partial charge on any atom is -0.339 e. The Morgan fingerprint density at radius 3 is 2.11 bits per heavy atom. The topological polar surface area (TPSA) is 113 Å². The van der Waals surface area contributed by atoms with E-state index < -0.39 is 20.0 Å². The number of hydrogen-bond acceptors (Lipinski definition) is 6. The number of benzene rings is 2. The van der Waals surface area contributed by atoms with Gasteiger partial charge in [0.15, 0.2) is 0 Å². The van der Waals surface area contributed by atoms with Crippen molar-refractivity contribution < 1.29 is 21.6 Å². The Hall–Kier alpha value is -2.08. The first-order valence-corrected chi connectivity index (χ1v) is 11.4. The molecule has 0 atom stereocenters. The number of rotatable bonds is 6. The van der Waals surface area contributed by atoms with E-state index in [0.29, 0.717) is 4.90 Å². The molecule has 27 heavy (non-hydrogen) atoms. The Morgan fingerprint density at radius 1 is 0.926 bits per heavy atom. The molecule has 2 N–H and O–H groups in total. The van der Waals surface area contributed by atoms with E-state index in [1.165, 1.54) is 36.2 Å². The molecule has 1 amide bonds. The van der Waals surface area contributed by atoms with Gasteiger partial charge in [-0.25, -0.2) is 21.6 Å². The minimum absolute atomic E-state index is 0.168. The van der Waals surface area contributed by atoms with Crippen molar-refractivity contribution in [1.29, 1.82) is 0 Å². The maximum absolute atomic E-state index is 12.7. The van der Waals surface area contributed by atoms with Crippen LogP contribution in [-0.4, -0.2) is 48.1 Å². The molecule has 0 saturated heterocycles. The quantitative estimate of drug-likeness (QED) is 0.681. The predicted molar refractivity (Wildman–Crippen MR) is 105 cm³/mol. The number of amides is 1. The van der Waals surface area contributed by atoms with Gasteiger partial charge in [0.2, 0.25) is 10.0 Å². The largest absolute Gasteiger partial charge is 0.339 e. The van der Waals surface area contributed by atoms with Gasteiger partial charge in [-0.2, -0.15) is 0 Å². The second-order valence-corrected chi connectivity index (χ2v) is 10.1. The third-order valence-electron chi connectivity index (χ3n) is 3.39. The number of thioether (sulfide) groups is 1. The fourth-order valence-electron chi connectivity index (χ4n) is 1.96. The lowest BCUT2D eigenvalue weighted by atomic mass is 10.3. The molecule has 2 rings (SSSR count). The number of nitrogens with zero attached hydrogens (tertiary/aromatic N) is 1. The number of hydrogen-bond donors (Lipinski definition) is 2. The zero-order valence-electron chi connectivity index (χ0n) is 14.8. The van der Waals surface area contributed by atoms with Gasteiger partial charge in [0.25, 0.3) is 15.3 Å². The van der Waals surface area contributed by atoms with Crippen LogP contribution in [0.1, 0.15) is 0 Å². The van der Waals surface area contributed by atoms with Crippen LogP contribution in [-0.2, 0) is 20.0 Å². The zero-order valence-corrected chi connectivity index (χ0v) is 17.3. The van der Waals surface area contributed by atoms with E-state index >= 15 is 0 Å². The normalized spacial score (nSPS) is 11.8. The standard InChI is InChI=1S/C16H19N3O5S3/c1-17-26(21,22)12-7-6-8-13(11-12)27(23,24)18-14-9-4-5-10-15(14)25-16(20)19(2)3/h4-11,17-18H,1-3H3. The third-order valence-corrected chi connectivity index (χ3v) is 7.28. The van der Waals surface area contributed by atoms with Crippen LogP contribution in [0.5, 0.6) is 0 Å². The highest BCUT2D eigenvalue weighted by molar-refractivity contribution is 8.13. The second kappa shape index (κ2) is 8.30. The molecule has 2 aromatic carbocycles. The van der Waals surface area contributed by atoms with E-state index in [4.69, 9.17) is 0 Å². The number of carbonyl (C=O) groups excluding carboxylic acids is 1. The monoisotopic (exact) mass is 429 g/mol. The summed E-state index contributed by atoms with van der Waals surface area (Å²) in [5.41, 5.74) is 0.222. The molecule has 0 heterocycles. The predicted octanol–water partition coefficient (Wildman–Crippen LogP) is 2.17. The SMILES string of the molecule is CNS(=O)(=O)c1cccc(S(=O)(=O)Nc2ccccc2SC(=O)N(C)C)c1. The smallest absolute Gasteiger partial charge is 0.286 e. The van der Waals surface area contributed by atoms with E-state index in [1.807, 2.05) is 0 Å². The third kappa shape index (κ3) is 5.22. The number of nitrogens with one attached hydrogen (secondary N) is 2. The lowest BCUT2D eigenvalue weighted by Gasteiger charge is -2.14. The summed E-state index contributed by atoms with van der Waals surface area (Å²) in [4.78, 5) is 13.4. The number of para-hydroxylation sites is 1. The van der Waals surface area contributed by atoms with Crippen molar-refractivity contribution in [2.75, 3.05) is 25.9 Å². The van der Waals surface area contributed by atoms with Crippen molar-refractivity contribution in [1.82, 2.24) is 9.62 Å². The van der Waals surface area contributed by atoms with Gasteiger partial charge < -0.3 is 4.90 Å². The molecular weight excluding hydrogens is 410 g/mol. The molecule has 2 aromatic rings. The van der Waals surface area contributed by atoms with Crippen molar-refractivity contribution in [3.63, 3.8) is 0 Å². The van der Waals surface area contributed by atoms with Gasteiger partial charge >= 0.3 is 0 Å². The van der Waals surface area contributed by atoms with E-state index in [2.05, 4.69) is 9.44 Å². The molecule has 8 nitrogen and oxygen atoms in total. The summed E-state index contributed by atoms with van der Waals surface area (Å²) in [6.07, 6.45) is 0. The second-order valence-electron chi connectivity index (χ2n) is 5.55. The fourth-order valence-corrected chi connectivity index (χ4v) is 4.74. The van der Waals surface area contributed by atoms with Crippen molar-refractivity contribution in [3.05, 3.63) is 48.5 Å². The van der Waals surface area contributed by atoms with Crippen LogP contribution in [0, 0.1) is 0 Å². The van der Waals surface area contributed by atoms with Crippen molar-refractivity contribution >= 4 is 42.7 Å². The lowest BCUT2D eigenvalue weighted by Crippen LogP contribution is -2.20. The Balaban J connectivity index is 2.38. The summed E-state index contributed by atoms with van der Waals surface area (Å²) in [6.45, 7) is 0. The summed E-state index contributed by atoms with van der Waals surface area (Å²) >= 11 is 0.879. The van der Waals surface area contributed by atoms with E-state index in [9.17, 15) is 21.6 Å². The molecule has 0 aromatic heterocycles. The van der Waals surface area contributed by atoms with Gasteiger partial charge in [-0.1, -0.05) is 18.2 Å². The molecular formula is C16H19N3O5S3. The molecule has 0 unspecified atom stereocenters. The molecule has 0 spiro atoms. The molecule has 0 aliphatic heterocycles. The van der Waals surface area contributed by atoms with E-state index in [-0.39, 0.29) is 20.7 Å². The molecule has 11 heteroatoms. The summed E-state index contributed by atoms with van der Waals surface area (Å²) in [5.74, 6) is 0. The number of anilines is 1. The highest BCUT2D eigenvalue weighted by atomic mass is 32.2. The van der Waals surface area contributed by atoms with Gasteiger partial charge in [0, 0.05) is 19.0 Å². The van der Waals surface area contributed by atoms with Crippen LogP contribution >= 0.6 is 11.8 Å². The maximum atomic E-state index is 12.7. The molecule has 0 fully saturated rings. The van der Waals surface area contributed by atoms with Crippen LogP contribution in [0.15, 0.2) is 63.2 Å². The van der Waals surface area contributed by atoms with Crippen LogP contribution in [0.25, 0.3) is 0 Å². The van der Waals surface area contributed by atoms with Crippen LogP contribution in [0.2, 0.25) is 0 Å². The van der Waals surface area contributed by atoms with Gasteiger partial charge in [0.1, 0.15) is 0 Å². The molecule has 146 valence electrons. The van der Waals surface area contributed by atoms with Gasteiger partial charge in [-0.05, 0) is 49.1 Å². The Labute approximate surface area is 163 Å². The number of carbonyl (C=O) groups is 1. The summed E-state index contributed by atoms with van der Waals surface area (Å²) in [5, 5.41) is -0.260. The van der Waals surface area contributed by atoms with Gasteiger partial charge in [-0.3, -0.25) is 9.52 Å². The minimum atomic E-state index is -4.06. The Bertz CT molecular complexity index is 1050. The van der Waals surface area contributed by atoms with E-state index in [0.717, 1.165) is 17.8 Å². The highest BCUT2D eigenvalue weighted by Crippen LogP contribution is 2.30. The first-order chi connectivity index (χ1) is 12.6. The summed E-state index contributed by atoms with van der Waals surface area (Å²) < 4.78 is 53.8. The maximum Gasteiger partial charge on any atom is 0.286 e. The van der Waals surface area contributed by atoms with Crippen LogP contribution in [0.4, 0.5) is 10.5 Å². The van der Waals surface area contributed by atoms with Crippen molar-refractivity contribution in [3.8, 4) is 0 Å². The Morgan fingerprint density at radius 2 is 1.52 bits per heavy atom. The fraction of sp³-hybridized carbons (Fsp3) is 0.188. The van der Waals surface area contributed by atoms with Gasteiger partial charge in [0.05, 0.1) is 15.5 Å². The molecule has 0 saturated carbocycles. The van der Waals surface area contributed by atoms with Crippen molar-refractivity contribution in [2.24, 2.45) is 0 Å². The van der Waals surface area contributed by atoms with Crippen molar-refractivity contribution in [2.45, 2.75) is 14.7 Å². The van der Waals surface area contributed by atoms with Crippen LogP contribution < -0.4 is 9.44 Å². The molecule has 0 bridgehead atoms. The average Bonchev–Trinajstić information content (AvgIpc) is 2.63. The molecule has 0 aliphatic carbocycles. The first kappa shape index (κ1) is 21.2. The van der Waals surface area contributed by atoms with Crippen LogP contribution in [0.3, 0.4) is 0 Å². The summed E-state index contributed by atoms with van der Waals surface area (Å²) in [7, 11) is -3.42. The molecule has 0 radical (unpaired) electrons. The first-order valence-electron chi connectivity index (χ1n) is 7.61. The zero-order chi connectivity index (χ0) is 20.2. The lowest BCUT2D eigenvalue weighted by molar-refractivity contribution is 0.241. The van der Waals surface area contributed by atoms with Gasteiger partial charge in [-0.15, -0.1) is 0 Å². The summed E-state index contributed by atoms with van der Waals surface area (Å²) in [6, 6.07) is 11.4. The van der Waals surface area contributed by atoms with E-state index in [1.54, 1.807) is 32.3 Å². The molecule has 0 aliphatic rings. The Kier molecular flexibility index (Phi) is 6.52.